The number of hydrogen-bond donors (Lipinski definition) is 0. The van der Waals surface area contributed by atoms with Gasteiger partial charge in [-0.1, -0.05) is 96.8 Å². The van der Waals surface area contributed by atoms with Gasteiger partial charge in [-0.05, 0) is 6.42 Å². The fourth-order valence-corrected chi connectivity index (χ4v) is 3.81. The van der Waals surface area contributed by atoms with Gasteiger partial charge in [0.15, 0.2) is 0 Å². The zero-order chi connectivity index (χ0) is 25.9. The Labute approximate surface area is 234 Å². The van der Waals surface area contributed by atoms with Crippen LogP contribution in [-0.4, -0.2) is 84.4 Å². The first-order valence-corrected chi connectivity index (χ1v) is 14.6. The number of likely N-dealkylation sites (N-methyl/N-ethyl adjacent to an activating group) is 1. The number of ether oxygens (including phenoxy) is 4. The summed E-state index contributed by atoms with van der Waals surface area (Å²) >= 11 is 0. The molecule has 0 saturated heterocycles. The molecule has 0 unspecified atom stereocenters. The van der Waals surface area contributed by atoms with Gasteiger partial charge in [-0.15, -0.1) is 0 Å². The van der Waals surface area contributed by atoms with Crippen molar-refractivity contribution in [3.8, 4) is 0 Å². The molecule has 0 aromatic rings. The molecule has 0 amide bonds. The van der Waals surface area contributed by atoms with Gasteiger partial charge in [0.1, 0.15) is 13.2 Å². The second-order valence-electron chi connectivity index (χ2n) is 10.8. The summed E-state index contributed by atoms with van der Waals surface area (Å²) in [4.78, 5) is 11.8. The van der Waals surface area contributed by atoms with Crippen LogP contribution < -0.4 is 17.0 Å². The van der Waals surface area contributed by atoms with Gasteiger partial charge in [-0.3, -0.25) is 4.79 Å². The average Bonchev–Trinajstić information content (AvgIpc) is 2.81. The van der Waals surface area contributed by atoms with E-state index in [4.69, 9.17) is 18.9 Å². The topological polar surface area (TPSA) is 54.0 Å². The predicted molar refractivity (Wildman–Crippen MR) is 146 cm³/mol. The van der Waals surface area contributed by atoms with Crippen molar-refractivity contribution in [3.05, 3.63) is 0 Å². The number of quaternary nitrogens is 1. The van der Waals surface area contributed by atoms with Crippen molar-refractivity contribution in [2.24, 2.45) is 0 Å². The van der Waals surface area contributed by atoms with Crippen molar-refractivity contribution in [1.82, 2.24) is 0 Å². The first-order chi connectivity index (χ1) is 17.0. The molecule has 7 heteroatoms. The maximum absolute atomic E-state index is 11.8. The van der Waals surface area contributed by atoms with Crippen LogP contribution in [0.15, 0.2) is 0 Å². The van der Waals surface area contributed by atoms with Crippen molar-refractivity contribution in [1.29, 1.82) is 0 Å². The molecule has 0 aromatic carbocycles. The molecule has 0 saturated carbocycles. The summed E-state index contributed by atoms with van der Waals surface area (Å²) in [5.41, 5.74) is 0. The predicted octanol–water partition coefficient (Wildman–Crippen LogP) is 3.55. The highest BCUT2D eigenvalue weighted by atomic mass is 79.9. The molecule has 36 heavy (non-hydrogen) atoms. The summed E-state index contributed by atoms with van der Waals surface area (Å²) in [5.74, 6) is -0.106. The van der Waals surface area contributed by atoms with Gasteiger partial charge < -0.3 is 40.4 Å². The SMILES string of the molecule is CCCCCCCCCCCCCCCCCC(=O)OCCOCCOCCOCC[N+](C)(C)C.[Br-]. The van der Waals surface area contributed by atoms with Crippen molar-refractivity contribution < 1.29 is 45.2 Å². The Bertz CT molecular complexity index is 446. The molecular formula is C29H60BrNO5. The zero-order valence-electron chi connectivity index (χ0n) is 24.3. The number of unbranched alkanes of at least 4 members (excludes halogenated alkanes) is 14. The summed E-state index contributed by atoms with van der Waals surface area (Å²) in [6.45, 7) is 6.99. The maximum atomic E-state index is 11.8. The third kappa shape index (κ3) is 33.8. The van der Waals surface area contributed by atoms with E-state index in [9.17, 15) is 4.79 Å². The fraction of sp³-hybridized carbons (Fsp3) is 0.966. The Hall–Kier alpha value is -0.210. The van der Waals surface area contributed by atoms with Crippen LogP contribution in [-0.2, 0) is 23.7 Å². The molecule has 0 N–H and O–H groups in total. The Morgan fingerprint density at radius 2 is 0.889 bits per heavy atom. The number of rotatable bonds is 28. The van der Waals surface area contributed by atoms with E-state index in [1.807, 2.05) is 0 Å². The molecule has 0 bridgehead atoms. The second kappa shape index (κ2) is 29.3. The van der Waals surface area contributed by atoms with Gasteiger partial charge in [0.2, 0.25) is 0 Å². The molecule has 0 fully saturated rings. The van der Waals surface area contributed by atoms with Gasteiger partial charge in [-0.2, -0.15) is 0 Å². The van der Waals surface area contributed by atoms with Crippen molar-refractivity contribution in [2.45, 2.75) is 110 Å². The van der Waals surface area contributed by atoms with Gasteiger partial charge in [0.25, 0.3) is 0 Å². The number of nitrogens with zero attached hydrogens (tertiary/aromatic N) is 1. The summed E-state index contributed by atoms with van der Waals surface area (Å²) < 4.78 is 22.6. The third-order valence-corrected chi connectivity index (χ3v) is 6.13. The van der Waals surface area contributed by atoms with E-state index in [1.165, 1.54) is 83.5 Å². The highest BCUT2D eigenvalue weighted by Gasteiger charge is 2.05. The van der Waals surface area contributed by atoms with E-state index in [2.05, 4.69) is 28.1 Å². The molecule has 0 rings (SSSR count). The van der Waals surface area contributed by atoms with Gasteiger partial charge in [0, 0.05) is 6.42 Å². The fourth-order valence-electron chi connectivity index (χ4n) is 3.81. The lowest BCUT2D eigenvalue weighted by molar-refractivity contribution is -0.870. The Kier molecular flexibility index (Phi) is 30.9. The van der Waals surface area contributed by atoms with Gasteiger partial charge in [0.05, 0.1) is 60.8 Å². The van der Waals surface area contributed by atoms with Crippen molar-refractivity contribution in [2.75, 3.05) is 73.9 Å². The van der Waals surface area contributed by atoms with E-state index < -0.39 is 0 Å². The normalized spacial score (nSPS) is 11.4. The lowest BCUT2D eigenvalue weighted by Gasteiger charge is -2.23. The van der Waals surface area contributed by atoms with Crippen LogP contribution in [0.3, 0.4) is 0 Å². The first kappa shape index (κ1) is 37.9. The second-order valence-corrected chi connectivity index (χ2v) is 10.8. The Balaban J connectivity index is 0. The summed E-state index contributed by atoms with van der Waals surface area (Å²) in [6, 6.07) is 0. The molecule has 0 spiro atoms. The first-order valence-electron chi connectivity index (χ1n) is 14.6. The molecule has 6 nitrogen and oxygen atoms in total. The number of halogens is 1. The lowest BCUT2D eigenvalue weighted by atomic mass is 10.0. The minimum atomic E-state index is -0.106. The number of carbonyl (C=O) groups is 1. The molecule has 0 heterocycles. The monoisotopic (exact) mass is 581 g/mol. The minimum absolute atomic E-state index is 0. The van der Waals surface area contributed by atoms with Gasteiger partial charge in [-0.25, -0.2) is 0 Å². The van der Waals surface area contributed by atoms with Gasteiger partial charge >= 0.3 is 5.97 Å². The molecule has 0 atom stereocenters. The van der Waals surface area contributed by atoms with Crippen LogP contribution in [0.4, 0.5) is 0 Å². The van der Waals surface area contributed by atoms with Crippen LogP contribution in [0, 0.1) is 0 Å². The minimum Gasteiger partial charge on any atom is -1.00 e. The highest BCUT2D eigenvalue weighted by Crippen LogP contribution is 2.13. The molecule has 0 radical (unpaired) electrons. The van der Waals surface area contributed by atoms with Crippen LogP contribution in [0.25, 0.3) is 0 Å². The summed E-state index contributed by atoms with van der Waals surface area (Å²) in [5, 5.41) is 0. The van der Waals surface area contributed by atoms with Crippen LogP contribution in [0.5, 0.6) is 0 Å². The molecule has 0 aliphatic carbocycles. The maximum Gasteiger partial charge on any atom is 0.305 e. The molecule has 218 valence electrons. The number of esters is 1. The quantitative estimate of drug-likeness (QED) is 0.0803. The standard InChI is InChI=1S/C29H60NO5.BrH/c1-5-6-7-8-9-10-11-12-13-14-15-16-17-18-19-20-29(31)35-28-27-34-26-25-33-24-23-32-22-21-30(2,3)4;/h5-28H2,1-4H3;1H/q+1;/p-1. The molecule has 0 aliphatic rings. The number of carbonyl (C=O) groups excluding carboxylic acids is 1. The van der Waals surface area contributed by atoms with Crippen LogP contribution >= 0.6 is 0 Å². The van der Waals surface area contributed by atoms with Crippen LogP contribution in [0.1, 0.15) is 110 Å². The largest absolute Gasteiger partial charge is 1.00 e. The Morgan fingerprint density at radius 3 is 1.31 bits per heavy atom. The molecule has 0 aromatic heterocycles. The third-order valence-electron chi connectivity index (χ3n) is 6.13. The van der Waals surface area contributed by atoms with E-state index in [0.29, 0.717) is 46.1 Å². The summed E-state index contributed by atoms with van der Waals surface area (Å²) in [7, 11) is 6.45. The number of hydrogen-bond acceptors (Lipinski definition) is 5. The highest BCUT2D eigenvalue weighted by molar-refractivity contribution is 5.69. The lowest BCUT2D eigenvalue weighted by Crippen LogP contribution is -3.00. The van der Waals surface area contributed by atoms with E-state index >= 15 is 0 Å². The zero-order valence-corrected chi connectivity index (χ0v) is 25.9. The molecular weight excluding hydrogens is 522 g/mol. The van der Waals surface area contributed by atoms with Crippen molar-refractivity contribution >= 4 is 5.97 Å². The summed E-state index contributed by atoms with van der Waals surface area (Å²) in [6.07, 6.45) is 20.5. The smallest absolute Gasteiger partial charge is 0.305 e. The van der Waals surface area contributed by atoms with E-state index in [-0.39, 0.29) is 23.0 Å². The molecule has 0 aliphatic heterocycles. The van der Waals surface area contributed by atoms with E-state index in [0.717, 1.165) is 30.5 Å². The van der Waals surface area contributed by atoms with Crippen molar-refractivity contribution in [3.63, 3.8) is 0 Å². The Morgan fingerprint density at radius 1 is 0.528 bits per heavy atom. The van der Waals surface area contributed by atoms with E-state index in [1.54, 1.807) is 0 Å². The average molecular weight is 583 g/mol. The van der Waals surface area contributed by atoms with Crippen LogP contribution in [0.2, 0.25) is 0 Å².